The molecular formula is C10H17ClF4N2O4S. The van der Waals surface area contributed by atoms with E-state index >= 15 is 0 Å². The van der Waals surface area contributed by atoms with Crippen LogP contribution in [0.2, 0.25) is 0 Å². The third kappa shape index (κ3) is 7.88. The summed E-state index contributed by atoms with van der Waals surface area (Å²) in [5, 5.41) is 2.96. The van der Waals surface area contributed by atoms with Gasteiger partial charge in [-0.05, 0) is 0 Å². The van der Waals surface area contributed by atoms with E-state index in [0.717, 1.165) is 17.4 Å². The predicted molar refractivity (Wildman–Crippen MR) is 70.1 cm³/mol. The fraction of sp³-hybridized carbons (Fsp3) is 1.00. The minimum absolute atomic E-state index is 0.138. The monoisotopic (exact) mass is 372 g/mol. The normalized spacial score (nSPS) is 20.5. The molecule has 2 aliphatic rings. The van der Waals surface area contributed by atoms with Crippen molar-refractivity contribution in [1.29, 1.82) is 0 Å². The fourth-order valence-electron chi connectivity index (χ4n) is 1.69. The summed E-state index contributed by atoms with van der Waals surface area (Å²) in [5.41, 5.74) is 0. The van der Waals surface area contributed by atoms with E-state index in [9.17, 15) is 26.0 Å². The Morgan fingerprint density at radius 2 is 1.50 bits per heavy atom. The van der Waals surface area contributed by atoms with Gasteiger partial charge in [0.15, 0.2) is 0 Å². The second kappa shape index (κ2) is 9.18. The van der Waals surface area contributed by atoms with Crippen LogP contribution in [0.4, 0.5) is 17.6 Å². The van der Waals surface area contributed by atoms with Crippen LogP contribution in [0.15, 0.2) is 0 Å². The lowest BCUT2D eigenvalue weighted by molar-refractivity contribution is -0.145. The lowest BCUT2D eigenvalue weighted by atomic mass is 10.1. The van der Waals surface area contributed by atoms with Gasteiger partial charge in [0.2, 0.25) is 0 Å². The van der Waals surface area contributed by atoms with E-state index in [0.29, 0.717) is 5.92 Å². The molecular weight excluding hydrogens is 356 g/mol. The molecule has 2 saturated heterocycles. The van der Waals surface area contributed by atoms with Crippen molar-refractivity contribution in [3.8, 4) is 0 Å². The van der Waals surface area contributed by atoms with Crippen molar-refractivity contribution in [2.45, 2.75) is 13.2 Å². The Morgan fingerprint density at radius 1 is 1.05 bits per heavy atom. The van der Waals surface area contributed by atoms with Gasteiger partial charge in [-0.3, -0.25) is 0 Å². The lowest BCUT2D eigenvalue weighted by Crippen LogP contribution is -2.50. The average molecular weight is 373 g/mol. The summed E-state index contributed by atoms with van der Waals surface area (Å²) in [4.78, 5) is 0. The maximum Gasteiger partial charge on any atom is 0.345 e. The van der Waals surface area contributed by atoms with E-state index < -0.39 is 22.5 Å². The zero-order chi connectivity index (χ0) is 16.8. The first-order valence-electron chi connectivity index (χ1n) is 6.38. The fourth-order valence-corrected chi connectivity index (χ4v) is 2.81. The smallest absolute Gasteiger partial charge is 0.323 e. The van der Waals surface area contributed by atoms with Crippen molar-refractivity contribution < 1.29 is 35.5 Å². The van der Waals surface area contributed by atoms with Crippen LogP contribution in [0.5, 0.6) is 0 Å². The number of hydrogen-bond acceptors (Lipinski definition) is 5. The molecule has 0 aromatic rings. The van der Waals surface area contributed by atoms with E-state index in [4.69, 9.17) is 10.7 Å². The third-order valence-electron chi connectivity index (χ3n) is 3.01. The minimum Gasteiger partial charge on any atom is -0.323 e. The van der Waals surface area contributed by atoms with Crippen LogP contribution in [0, 0.1) is 11.8 Å². The number of ether oxygens (including phenoxy) is 2. The molecule has 12 heteroatoms. The van der Waals surface area contributed by atoms with Crippen LogP contribution < -0.4 is 5.32 Å². The third-order valence-corrected chi connectivity index (χ3v) is 4.51. The van der Waals surface area contributed by atoms with Crippen LogP contribution in [-0.4, -0.2) is 65.3 Å². The van der Waals surface area contributed by atoms with Gasteiger partial charge in [0, 0.05) is 48.7 Å². The summed E-state index contributed by atoms with van der Waals surface area (Å²) >= 11 is 0. The van der Waals surface area contributed by atoms with E-state index in [-0.39, 0.29) is 32.2 Å². The minimum atomic E-state index is -3.68. The molecule has 0 saturated carbocycles. The van der Waals surface area contributed by atoms with Crippen LogP contribution in [-0.2, 0) is 18.7 Å². The molecule has 0 amide bonds. The van der Waals surface area contributed by atoms with Crippen molar-refractivity contribution in [2.24, 2.45) is 11.8 Å². The van der Waals surface area contributed by atoms with E-state index in [1.807, 2.05) is 0 Å². The number of hydrogen-bond donors (Lipinski definition) is 1. The molecule has 2 fully saturated rings. The molecule has 0 aromatic heterocycles. The maximum atomic E-state index is 11.5. The summed E-state index contributed by atoms with van der Waals surface area (Å²) in [7, 11) is 1.30. The average Bonchev–Trinajstić information content (AvgIpc) is 2.22. The zero-order valence-corrected chi connectivity index (χ0v) is 13.0. The Morgan fingerprint density at radius 3 is 1.82 bits per heavy atom. The molecule has 0 bridgehead atoms. The summed E-state index contributed by atoms with van der Waals surface area (Å²) < 4.78 is 75.9. The van der Waals surface area contributed by atoms with Crippen molar-refractivity contribution in [3.63, 3.8) is 0 Å². The molecule has 0 spiro atoms. The Kier molecular flexibility index (Phi) is 8.28. The Balaban J connectivity index is 0.000000235. The Hall–Kier alpha value is -0.200. The molecule has 0 radical (unpaired) electrons. The van der Waals surface area contributed by atoms with Crippen LogP contribution in [0.1, 0.15) is 0 Å². The number of alkyl halides is 4. The first-order valence-corrected chi connectivity index (χ1v) is 8.65. The SMILES string of the molecule is FC(F)OCC1CNC1.O=S(=O)(Cl)N1CC(COC(F)F)C1. The van der Waals surface area contributed by atoms with Gasteiger partial charge in [-0.25, -0.2) is 0 Å². The molecule has 132 valence electrons. The zero-order valence-electron chi connectivity index (χ0n) is 11.4. The maximum absolute atomic E-state index is 11.5. The highest BCUT2D eigenvalue weighted by Gasteiger charge is 2.35. The van der Waals surface area contributed by atoms with Gasteiger partial charge < -0.3 is 14.8 Å². The standard InChI is InChI=1S/C5H8ClF2NO3S.C5H9F2NO/c6-13(10,11)9-1-4(2-9)3-12-5(7)8;6-5(7)9-3-4-1-8-2-4/h4-5H,1-3H2;4-5,8H,1-3H2. The first kappa shape index (κ1) is 19.8. The summed E-state index contributed by atoms with van der Waals surface area (Å²) in [6, 6.07) is 0. The molecule has 1 N–H and O–H groups in total. The summed E-state index contributed by atoms with van der Waals surface area (Å²) in [6.07, 6.45) is 0. The van der Waals surface area contributed by atoms with Crippen LogP contribution in [0.3, 0.4) is 0 Å². The van der Waals surface area contributed by atoms with Crippen LogP contribution in [0.25, 0.3) is 0 Å². The first-order chi connectivity index (χ1) is 10.2. The Bertz CT molecular complexity index is 419. The number of nitrogens with zero attached hydrogens (tertiary/aromatic N) is 1. The molecule has 22 heavy (non-hydrogen) atoms. The van der Waals surface area contributed by atoms with Gasteiger partial charge in [0.05, 0.1) is 13.2 Å². The number of rotatable bonds is 7. The second-order valence-electron chi connectivity index (χ2n) is 4.84. The summed E-state index contributed by atoms with van der Waals surface area (Å²) in [5.74, 6) is 0.126. The van der Waals surface area contributed by atoms with Crippen LogP contribution >= 0.6 is 10.7 Å². The predicted octanol–water partition coefficient (Wildman–Crippen LogP) is 1.09. The quantitative estimate of drug-likeness (QED) is 0.535. The number of nitrogens with one attached hydrogen (secondary N) is 1. The Labute approximate surface area is 130 Å². The van der Waals surface area contributed by atoms with E-state index in [1.54, 1.807) is 0 Å². The highest BCUT2D eigenvalue weighted by Crippen LogP contribution is 2.22. The molecule has 0 aromatic carbocycles. The van der Waals surface area contributed by atoms with Crippen molar-refractivity contribution in [3.05, 3.63) is 0 Å². The lowest BCUT2D eigenvalue weighted by Gasteiger charge is -2.35. The van der Waals surface area contributed by atoms with E-state index in [2.05, 4.69) is 14.8 Å². The molecule has 0 unspecified atom stereocenters. The highest BCUT2D eigenvalue weighted by molar-refractivity contribution is 8.11. The molecule has 2 rings (SSSR count). The molecule has 0 aliphatic carbocycles. The van der Waals surface area contributed by atoms with Gasteiger partial charge in [-0.2, -0.15) is 30.3 Å². The van der Waals surface area contributed by atoms with Crippen molar-refractivity contribution >= 4 is 19.9 Å². The van der Waals surface area contributed by atoms with Gasteiger partial charge in [0.25, 0.3) is 9.24 Å². The van der Waals surface area contributed by atoms with Gasteiger partial charge in [0.1, 0.15) is 0 Å². The molecule has 0 atom stereocenters. The highest BCUT2D eigenvalue weighted by atomic mass is 35.7. The molecule has 6 nitrogen and oxygen atoms in total. The topological polar surface area (TPSA) is 67.9 Å². The van der Waals surface area contributed by atoms with Crippen molar-refractivity contribution in [2.75, 3.05) is 39.4 Å². The van der Waals surface area contributed by atoms with Gasteiger partial charge in [-0.1, -0.05) is 0 Å². The van der Waals surface area contributed by atoms with Gasteiger partial charge >= 0.3 is 13.2 Å². The summed E-state index contributed by atoms with van der Waals surface area (Å²) in [6.45, 7) is -3.44. The van der Waals surface area contributed by atoms with E-state index in [1.165, 1.54) is 0 Å². The molecule has 2 heterocycles. The largest absolute Gasteiger partial charge is 0.345 e. The van der Waals surface area contributed by atoms with Crippen molar-refractivity contribution in [1.82, 2.24) is 9.62 Å². The van der Waals surface area contributed by atoms with Gasteiger partial charge in [-0.15, -0.1) is 0 Å². The second-order valence-corrected chi connectivity index (χ2v) is 7.35. The molecule has 2 aliphatic heterocycles. The number of halogens is 5.